The summed E-state index contributed by atoms with van der Waals surface area (Å²) in [4.78, 5) is 39.8. The van der Waals surface area contributed by atoms with E-state index >= 15 is 0 Å². The number of benzene rings is 2. The molecule has 0 saturated carbocycles. The fourth-order valence-electron chi connectivity index (χ4n) is 2.99. The first-order valence-corrected chi connectivity index (χ1v) is 11.2. The number of nitrogens with zero attached hydrogens (tertiary/aromatic N) is 2. The van der Waals surface area contributed by atoms with Crippen LogP contribution in [0.1, 0.15) is 32.8 Å². The molecular weight excluding hydrogens is 426 g/mol. The van der Waals surface area contributed by atoms with Crippen LogP contribution >= 0.6 is 11.8 Å². The average molecular weight is 452 g/mol. The topological polar surface area (TPSA) is 117 Å². The highest BCUT2D eigenvalue weighted by Gasteiger charge is 2.19. The molecule has 0 aliphatic rings. The van der Waals surface area contributed by atoms with Crippen LogP contribution in [0.5, 0.6) is 0 Å². The number of carbonyl (C=O) groups excluding carboxylic acids is 2. The molecule has 0 fully saturated rings. The van der Waals surface area contributed by atoms with Crippen LogP contribution in [0, 0.1) is 0 Å². The van der Waals surface area contributed by atoms with E-state index in [4.69, 9.17) is 0 Å². The first kappa shape index (κ1) is 23.2. The van der Waals surface area contributed by atoms with Crippen molar-refractivity contribution >= 4 is 35.0 Å². The van der Waals surface area contributed by atoms with Gasteiger partial charge in [-0.3, -0.25) is 19.4 Å². The van der Waals surface area contributed by atoms with Gasteiger partial charge in [0.05, 0.1) is 10.9 Å². The number of para-hydroxylation sites is 2. The Kier molecular flexibility index (Phi) is 7.77. The molecule has 1 heterocycles. The van der Waals surface area contributed by atoms with Crippen LogP contribution in [0.2, 0.25) is 0 Å². The van der Waals surface area contributed by atoms with E-state index in [1.165, 1.54) is 0 Å². The van der Waals surface area contributed by atoms with Crippen molar-refractivity contribution in [2.24, 2.45) is 0 Å². The van der Waals surface area contributed by atoms with E-state index in [1.54, 1.807) is 38.1 Å². The van der Waals surface area contributed by atoms with E-state index in [9.17, 15) is 14.4 Å². The highest BCUT2D eigenvalue weighted by molar-refractivity contribution is 8.00. The Morgan fingerprint density at radius 1 is 1.00 bits per heavy atom. The van der Waals surface area contributed by atoms with Crippen LogP contribution in [0.25, 0.3) is 11.3 Å². The third-order valence-corrected chi connectivity index (χ3v) is 5.74. The van der Waals surface area contributed by atoms with Gasteiger partial charge in [0.1, 0.15) is 0 Å². The van der Waals surface area contributed by atoms with Gasteiger partial charge >= 0.3 is 0 Å². The number of aryl methyl sites for hydroxylation is 1. The molecule has 166 valence electrons. The molecule has 0 unspecified atom stereocenters. The van der Waals surface area contributed by atoms with Gasteiger partial charge in [-0.05, 0) is 31.0 Å². The number of H-pyrrole nitrogens is 1. The number of thioether (sulfide) groups is 1. The fourth-order valence-corrected chi connectivity index (χ4v) is 3.73. The lowest BCUT2D eigenvalue weighted by atomic mass is 10.1. The Bertz CT molecular complexity index is 1180. The van der Waals surface area contributed by atoms with Crippen molar-refractivity contribution in [3.8, 4) is 11.3 Å². The molecule has 32 heavy (non-hydrogen) atoms. The molecule has 9 heteroatoms. The van der Waals surface area contributed by atoms with Crippen molar-refractivity contribution in [3.63, 3.8) is 0 Å². The number of carbonyl (C=O) groups is 2. The highest BCUT2D eigenvalue weighted by Crippen LogP contribution is 2.25. The molecule has 1 aromatic heterocycles. The molecule has 0 spiro atoms. The largest absolute Gasteiger partial charge is 0.325 e. The van der Waals surface area contributed by atoms with Crippen molar-refractivity contribution in [2.75, 3.05) is 10.6 Å². The predicted octanol–water partition coefficient (Wildman–Crippen LogP) is 3.86. The first-order chi connectivity index (χ1) is 15.4. The second kappa shape index (κ2) is 10.7. The molecular formula is C23H25N5O3S. The molecule has 0 saturated heterocycles. The number of anilines is 2. The molecule has 0 radical (unpaired) electrons. The van der Waals surface area contributed by atoms with Gasteiger partial charge in [-0.2, -0.15) is 0 Å². The Morgan fingerprint density at radius 3 is 2.38 bits per heavy atom. The second-order valence-corrected chi connectivity index (χ2v) is 8.34. The van der Waals surface area contributed by atoms with Gasteiger partial charge in [0.25, 0.3) is 5.56 Å². The van der Waals surface area contributed by atoms with Crippen LogP contribution < -0.4 is 16.2 Å². The molecule has 1 atom stereocenters. The van der Waals surface area contributed by atoms with Gasteiger partial charge in [-0.25, -0.2) is 0 Å². The third-order valence-electron chi connectivity index (χ3n) is 4.77. The molecule has 8 nitrogen and oxygen atoms in total. The molecule has 0 aliphatic carbocycles. The summed E-state index contributed by atoms with van der Waals surface area (Å²) in [6.45, 7) is 5.50. The van der Waals surface area contributed by atoms with Gasteiger partial charge in [-0.1, -0.05) is 62.0 Å². The third kappa shape index (κ3) is 5.61. The Balaban J connectivity index is 1.75. The number of amides is 2. The zero-order valence-corrected chi connectivity index (χ0v) is 19.0. The molecule has 0 aliphatic heterocycles. The minimum absolute atomic E-state index is 0.0929. The zero-order chi connectivity index (χ0) is 23.1. The van der Waals surface area contributed by atoms with E-state index in [0.29, 0.717) is 17.7 Å². The maximum absolute atomic E-state index is 12.7. The summed E-state index contributed by atoms with van der Waals surface area (Å²) in [7, 11) is 0. The van der Waals surface area contributed by atoms with Crippen molar-refractivity contribution in [2.45, 2.75) is 44.0 Å². The van der Waals surface area contributed by atoms with Gasteiger partial charge in [-0.15, -0.1) is 10.2 Å². The van der Waals surface area contributed by atoms with Crippen LogP contribution in [-0.4, -0.2) is 32.2 Å². The minimum Gasteiger partial charge on any atom is -0.325 e. The maximum atomic E-state index is 12.7. The van der Waals surface area contributed by atoms with Gasteiger partial charge in [0, 0.05) is 17.7 Å². The fraction of sp³-hybridized carbons (Fsp3) is 0.261. The maximum Gasteiger partial charge on any atom is 0.278 e. The summed E-state index contributed by atoms with van der Waals surface area (Å²) in [6, 6.07) is 14.5. The zero-order valence-electron chi connectivity index (χ0n) is 18.1. The quantitative estimate of drug-likeness (QED) is 0.448. The standard InChI is InChI=1S/C23H25N5O3S/c1-4-15-10-6-8-12-17(15)25-21(30)14(3)32-23-26-22(31)20(27-28-23)16-11-7-9-13-18(16)24-19(29)5-2/h6-14H,4-5H2,1-3H3,(H,24,29)(H,25,30)(H,26,28,31)/t14-/m1/s1. The van der Waals surface area contributed by atoms with Gasteiger partial charge in [0.2, 0.25) is 11.8 Å². The summed E-state index contributed by atoms with van der Waals surface area (Å²) >= 11 is 1.11. The van der Waals surface area contributed by atoms with Gasteiger partial charge < -0.3 is 10.6 Å². The molecule has 0 bridgehead atoms. The molecule has 2 aromatic carbocycles. The summed E-state index contributed by atoms with van der Waals surface area (Å²) in [5.74, 6) is -0.367. The number of rotatable bonds is 8. The number of hydrogen-bond donors (Lipinski definition) is 3. The summed E-state index contributed by atoms with van der Waals surface area (Å²) in [6.07, 6.45) is 1.12. The van der Waals surface area contributed by atoms with E-state index in [0.717, 1.165) is 29.4 Å². The number of aromatic nitrogens is 3. The van der Waals surface area contributed by atoms with Crippen molar-refractivity contribution < 1.29 is 9.59 Å². The van der Waals surface area contributed by atoms with Crippen LogP contribution in [0.4, 0.5) is 11.4 Å². The molecule has 2 amide bonds. The Hall–Kier alpha value is -3.46. The molecule has 3 N–H and O–H groups in total. The SMILES string of the molecule is CCC(=O)Nc1ccccc1-c1nnc(S[C@H](C)C(=O)Nc2ccccc2CC)[nH]c1=O. The Morgan fingerprint density at radius 2 is 1.69 bits per heavy atom. The van der Waals surface area contributed by atoms with E-state index in [-0.39, 0.29) is 22.7 Å². The lowest BCUT2D eigenvalue weighted by Crippen LogP contribution is -2.24. The van der Waals surface area contributed by atoms with Gasteiger partial charge in [0.15, 0.2) is 10.9 Å². The summed E-state index contributed by atoms with van der Waals surface area (Å²) in [5, 5.41) is 13.6. The number of hydrogen-bond acceptors (Lipinski definition) is 6. The highest BCUT2D eigenvalue weighted by atomic mass is 32.2. The predicted molar refractivity (Wildman–Crippen MR) is 127 cm³/mol. The van der Waals surface area contributed by atoms with Crippen molar-refractivity contribution in [3.05, 3.63) is 64.4 Å². The lowest BCUT2D eigenvalue weighted by molar-refractivity contribution is -0.116. The van der Waals surface area contributed by atoms with E-state index < -0.39 is 10.8 Å². The summed E-state index contributed by atoms with van der Waals surface area (Å²) in [5.41, 5.74) is 2.42. The minimum atomic E-state index is -0.508. The smallest absolute Gasteiger partial charge is 0.278 e. The average Bonchev–Trinajstić information content (AvgIpc) is 2.80. The molecule has 3 aromatic rings. The molecule has 3 rings (SSSR count). The normalized spacial score (nSPS) is 11.6. The second-order valence-electron chi connectivity index (χ2n) is 7.02. The van der Waals surface area contributed by atoms with Crippen LogP contribution in [0.15, 0.2) is 58.5 Å². The monoisotopic (exact) mass is 451 g/mol. The first-order valence-electron chi connectivity index (χ1n) is 10.3. The van der Waals surface area contributed by atoms with Crippen LogP contribution in [-0.2, 0) is 16.0 Å². The van der Waals surface area contributed by atoms with Crippen LogP contribution in [0.3, 0.4) is 0 Å². The lowest BCUT2D eigenvalue weighted by Gasteiger charge is -2.14. The van der Waals surface area contributed by atoms with Crippen molar-refractivity contribution in [1.82, 2.24) is 15.2 Å². The number of nitrogens with one attached hydrogen (secondary N) is 3. The summed E-state index contributed by atoms with van der Waals surface area (Å²) < 4.78 is 0. The number of aromatic amines is 1. The Labute approximate surface area is 190 Å². The van der Waals surface area contributed by atoms with E-state index in [2.05, 4.69) is 25.8 Å². The van der Waals surface area contributed by atoms with Crippen molar-refractivity contribution in [1.29, 1.82) is 0 Å². The van der Waals surface area contributed by atoms with E-state index in [1.807, 2.05) is 31.2 Å².